The minimum Gasteiger partial charge on any atom is -0.368 e. The maximum absolute atomic E-state index is 11.6. The van der Waals surface area contributed by atoms with E-state index in [2.05, 4.69) is 5.32 Å². The molecule has 0 aliphatic rings. The van der Waals surface area contributed by atoms with Gasteiger partial charge in [-0.15, -0.1) is 11.8 Å². The normalized spacial score (nSPS) is 13.6. The van der Waals surface area contributed by atoms with E-state index >= 15 is 0 Å². The van der Waals surface area contributed by atoms with Gasteiger partial charge in [-0.3, -0.25) is 14.9 Å². The van der Waals surface area contributed by atoms with Gasteiger partial charge in [-0.25, -0.2) is 0 Å². The molecule has 0 spiro atoms. The molecule has 1 unspecified atom stereocenters. The van der Waals surface area contributed by atoms with Crippen LogP contribution in [0.2, 0.25) is 0 Å². The lowest BCUT2D eigenvalue weighted by Gasteiger charge is -2.27. The molecule has 21 heavy (non-hydrogen) atoms. The van der Waals surface area contributed by atoms with Crippen molar-refractivity contribution in [2.24, 2.45) is 5.73 Å². The van der Waals surface area contributed by atoms with Crippen molar-refractivity contribution in [3.05, 3.63) is 34.4 Å². The highest BCUT2D eigenvalue weighted by Gasteiger charge is 2.29. The van der Waals surface area contributed by atoms with E-state index in [1.807, 2.05) is 6.92 Å². The zero-order valence-corrected chi connectivity index (χ0v) is 13.1. The third-order valence-corrected chi connectivity index (χ3v) is 4.24. The summed E-state index contributed by atoms with van der Waals surface area (Å²) in [5, 5.41) is 13.8. The molecule has 0 saturated carbocycles. The van der Waals surface area contributed by atoms with Gasteiger partial charge >= 0.3 is 0 Å². The number of thioether (sulfide) groups is 1. The molecule has 0 saturated heterocycles. The predicted molar refractivity (Wildman–Crippen MR) is 84.3 cm³/mol. The van der Waals surface area contributed by atoms with Crippen molar-refractivity contribution < 1.29 is 9.72 Å². The molecular formula is C14H21N3O3S. The Hall–Kier alpha value is -1.60. The zero-order chi connectivity index (χ0) is 15.9. The Morgan fingerprint density at radius 3 is 2.52 bits per heavy atom. The van der Waals surface area contributed by atoms with Crippen LogP contribution in [0.5, 0.6) is 0 Å². The van der Waals surface area contributed by atoms with Gasteiger partial charge in [-0.1, -0.05) is 6.92 Å². The fraction of sp³-hybridized carbons (Fsp3) is 0.500. The second-order valence-corrected chi connectivity index (χ2v) is 6.14. The number of carbonyl (C=O) groups is 1. The van der Waals surface area contributed by atoms with Gasteiger partial charge in [0.15, 0.2) is 0 Å². The number of nitrogens with one attached hydrogen (secondary N) is 1. The van der Waals surface area contributed by atoms with E-state index in [4.69, 9.17) is 5.73 Å². The number of nitro benzene ring substituents is 1. The lowest BCUT2D eigenvalue weighted by Crippen LogP contribution is -2.53. The van der Waals surface area contributed by atoms with Crippen LogP contribution in [0.15, 0.2) is 29.2 Å². The van der Waals surface area contributed by atoms with Gasteiger partial charge in [0.05, 0.1) is 10.5 Å². The first-order valence-electron chi connectivity index (χ1n) is 6.81. The average Bonchev–Trinajstić information content (AvgIpc) is 2.45. The van der Waals surface area contributed by atoms with Gasteiger partial charge < -0.3 is 11.1 Å². The van der Waals surface area contributed by atoms with Crippen LogP contribution in [0.3, 0.4) is 0 Å². The third kappa shape index (κ3) is 5.35. The maximum Gasteiger partial charge on any atom is 0.269 e. The molecule has 0 bridgehead atoms. The Labute approximate surface area is 128 Å². The highest BCUT2D eigenvalue weighted by molar-refractivity contribution is 7.99. The van der Waals surface area contributed by atoms with Gasteiger partial charge in [-0.2, -0.15) is 0 Å². The fourth-order valence-electron chi connectivity index (χ4n) is 1.74. The lowest BCUT2D eigenvalue weighted by atomic mass is 9.98. The summed E-state index contributed by atoms with van der Waals surface area (Å²) in [5.41, 5.74) is 4.82. The Morgan fingerprint density at radius 2 is 2.05 bits per heavy atom. The van der Waals surface area contributed by atoms with E-state index in [-0.39, 0.29) is 11.6 Å². The van der Waals surface area contributed by atoms with Crippen molar-refractivity contribution in [3.8, 4) is 0 Å². The van der Waals surface area contributed by atoms with Gasteiger partial charge in [0.25, 0.3) is 5.69 Å². The van der Waals surface area contributed by atoms with Crippen molar-refractivity contribution in [2.75, 3.05) is 12.3 Å². The molecule has 1 amide bonds. The molecule has 0 fully saturated rings. The van der Waals surface area contributed by atoms with Crippen LogP contribution in [0.4, 0.5) is 5.69 Å². The molecule has 0 heterocycles. The van der Waals surface area contributed by atoms with Crippen LogP contribution in [0.1, 0.15) is 26.7 Å². The predicted octanol–water partition coefficient (Wildman–Crippen LogP) is 2.32. The second kappa shape index (κ2) is 7.99. The molecule has 0 radical (unpaired) electrons. The smallest absolute Gasteiger partial charge is 0.269 e. The summed E-state index contributed by atoms with van der Waals surface area (Å²) in [5.74, 6) is 0.341. The average molecular weight is 311 g/mol. The van der Waals surface area contributed by atoms with Crippen LogP contribution in [0, 0.1) is 10.1 Å². The summed E-state index contributed by atoms with van der Waals surface area (Å²) >= 11 is 1.55. The SMILES string of the molecule is CCCNC(C)(CCSc1ccc([N+](=O)[O-])cc1)C(N)=O. The number of hydrogen-bond acceptors (Lipinski definition) is 5. The number of rotatable bonds is 9. The largest absolute Gasteiger partial charge is 0.368 e. The molecule has 1 aromatic carbocycles. The standard InChI is InChI=1S/C14H21N3O3S/c1-3-9-16-14(2,13(15)18)8-10-21-12-6-4-11(5-7-12)17(19)20/h4-7,16H,3,8-10H2,1-2H3,(H2,15,18). The van der Waals surface area contributed by atoms with E-state index in [1.54, 1.807) is 30.8 Å². The van der Waals surface area contributed by atoms with Gasteiger partial charge in [0.2, 0.25) is 5.91 Å². The number of carbonyl (C=O) groups excluding carboxylic acids is 1. The Kier molecular flexibility index (Phi) is 6.64. The number of nitrogens with two attached hydrogens (primary N) is 1. The number of nitrogens with zero attached hydrogens (tertiary/aromatic N) is 1. The number of nitro groups is 1. The van der Waals surface area contributed by atoms with Crippen molar-refractivity contribution >= 4 is 23.4 Å². The van der Waals surface area contributed by atoms with E-state index in [0.717, 1.165) is 17.9 Å². The number of amides is 1. The van der Waals surface area contributed by atoms with Gasteiger partial charge in [0, 0.05) is 22.8 Å². The minimum absolute atomic E-state index is 0.0749. The quantitative estimate of drug-likeness (QED) is 0.414. The first kappa shape index (κ1) is 17.5. The molecule has 6 nitrogen and oxygen atoms in total. The van der Waals surface area contributed by atoms with E-state index in [1.165, 1.54) is 12.1 Å². The molecule has 3 N–H and O–H groups in total. The lowest BCUT2D eigenvalue weighted by molar-refractivity contribution is -0.384. The summed E-state index contributed by atoms with van der Waals surface area (Å²) in [6, 6.07) is 6.38. The Morgan fingerprint density at radius 1 is 1.43 bits per heavy atom. The summed E-state index contributed by atoms with van der Waals surface area (Å²) in [7, 11) is 0. The fourth-order valence-corrected chi connectivity index (χ4v) is 2.81. The van der Waals surface area contributed by atoms with Crippen LogP contribution >= 0.6 is 11.8 Å². The number of benzene rings is 1. The Balaban J connectivity index is 2.53. The zero-order valence-electron chi connectivity index (χ0n) is 12.3. The Bertz CT molecular complexity index is 493. The maximum atomic E-state index is 11.6. The summed E-state index contributed by atoms with van der Waals surface area (Å²) in [4.78, 5) is 22.6. The molecule has 7 heteroatoms. The molecule has 0 aliphatic carbocycles. The number of primary amides is 1. The van der Waals surface area contributed by atoms with Crippen LogP contribution in [-0.2, 0) is 4.79 Å². The summed E-state index contributed by atoms with van der Waals surface area (Å²) in [6.45, 7) is 4.57. The molecule has 116 valence electrons. The van der Waals surface area contributed by atoms with Gasteiger partial charge in [0.1, 0.15) is 0 Å². The van der Waals surface area contributed by atoms with Crippen LogP contribution in [-0.4, -0.2) is 28.7 Å². The third-order valence-electron chi connectivity index (χ3n) is 3.23. The molecule has 1 aromatic rings. The monoisotopic (exact) mass is 311 g/mol. The summed E-state index contributed by atoms with van der Waals surface area (Å²) < 4.78 is 0. The van der Waals surface area contributed by atoms with Crippen LogP contribution in [0.25, 0.3) is 0 Å². The highest BCUT2D eigenvalue weighted by atomic mass is 32.2. The van der Waals surface area contributed by atoms with Crippen molar-refractivity contribution in [1.82, 2.24) is 5.32 Å². The van der Waals surface area contributed by atoms with E-state index in [0.29, 0.717) is 12.2 Å². The van der Waals surface area contributed by atoms with Gasteiger partial charge in [-0.05, 0) is 38.4 Å². The van der Waals surface area contributed by atoms with E-state index < -0.39 is 10.5 Å². The first-order valence-corrected chi connectivity index (χ1v) is 7.80. The molecule has 1 atom stereocenters. The van der Waals surface area contributed by atoms with Crippen molar-refractivity contribution in [1.29, 1.82) is 0 Å². The summed E-state index contributed by atoms with van der Waals surface area (Å²) in [6.07, 6.45) is 1.53. The topological polar surface area (TPSA) is 98.3 Å². The molecule has 1 rings (SSSR count). The molecular weight excluding hydrogens is 290 g/mol. The van der Waals surface area contributed by atoms with Crippen LogP contribution < -0.4 is 11.1 Å². The highest BCUT2D eigenvalue weighted by Crippen LogP contribution is 2.24. The van der Waals surface area contributed by atoms with Crippen molar-refractivity contribution in [2.45, 2.75) is 37.1 Å². The number of hydrogen-bond donors (Lipinski definition) is 2. The second-order valence-electron chi connectivity index (χ2n) is 4.97. The molecule has 0 aromatic heterocycles. The van der Waals surface area contributed by atoms with E-state index in [9.17, 15) is 14.9 Å². The van der Waals surface area contributed by atoms with Crippen molar-refractivity contribution in [3.63, 3.8) is 0 Å². The minimum atomic E-state index is -0.718. The first-order chi connectivity index (χ1) is 9.89. The number of non-ortho nitro benzene ring substituents is 1. The molecule has 0 aliphatic heterocycles.